The molecular weight excluding hydrogens is 2100 g/mol. The standard InChI is InChI=1S/C25H37N3O7.C21H31N3O8.2C19H31NO7.C15H20Cl6N2O6/c1-14(24(32)28-20(23(26)31)11-19-9-7-6-8-10-19)12-34-25-22(27-17(4)29)16(3)15(2)21(35-25)13-33-18(5)30;1-11(20(30)24-14(19(22)29)8-13-6-4-3-5-7-13)10-31-21-16(23-12(2)26)18(28)17(27)15(9-25)32-21;2*1-7-8-24-18(23)11(2)9-26-19-17(20-14(5)21)13(4)12(3)16(27-19)10-25-15(6)22;1-6-7(2)10(23-13(25)27-5-14(16,17)18)11(29-12(22)15(19,20)21)28-9(6)4-26-8(3)24/h6-10,14-16,20-22,25H,11-13H2,1-5H3,(H2,26,31)(H,27,29)(H,28,32);3-7,11,14-18,21,25,27-28H,8-10H2,1-2H3,(H2,22,29)(H,23,26)(H,24,30);2*7,11-13,16-17,19H,1,8-10H2,2-6H3,(H,20,21);6-7,9-11,22H,4-5H2,1-3H3,(H,23,25)/t14-,15-,16-,20-,21?,22-,25?;11-,14-,15?,16-,17+,18+,21?;2*11-,12-,13-,16?,17-,19?;6-,7-,9?,10-,11?/m00000/s1. The van der Waals surface area contributed by atoms with E-state index in [0.29, 0.717) is 0 Å². The highest BCUT2D eigenvalue weighted by molar-refractivity contribution is 6.76. The maximum Gasteiger partial charge on any atom is 0.407 e. The van der Waals surface area contributed by atoms with Crippen molar-refractivity contribution in [3.63, 3.8) is 0 Å². The van der Waals surface area contributed by atoms with Crippen molar-refractivity contribution < 1.29 is 168 Å². The van der Waals surface area contributed by atoms with Crippen LogP contribution in [0.3, 0.4) is 0 Å². The predicted octanol–water partition coefficient (Wildman–Crippen LogP) is 5.95. The normalized spacial score (nSPS) is 27.5. The number of carbonyl (C=O) groups excluding carboxylic acids is 15. The molecule has 2 aromatic rings. The molecule has 7 rings (SSSR count). The monoisotopic (exact) mass is 2250 g/mol. The summed E-state index contributed by atoms with van der Waals surface area (Å²) in [6.45, 7) is 39.1. The molecule has 5 fully saturated rings. The third-order valence-electron chi connectivity index (χ3n) is 25.0. The lowest BCUT2D eigenvalue weighted by molar-refractivity contribution is -0.271. The van der Waals surface area contributed by atoms with Gasteiger partial charge in [-0.3, -0.25) is 72.5 Å². The van der Waals surface area contributed by atoms with Gasteiger partial charge in [-0.1, -0.05) is 225 Å². The molecule has 0 aromatic heterocycles. The fourth-order valence-corrected chi connectivity index (χ4v) is 15.8. The lowest BCUT2D eigenvalue weighted by Gasteiger charge is -2.44. The number of rotatable bonds is 44. The second-order valence-corrected chi connectivity index (χ2v) is 42.1. The van der Waals surface area contributed by atoms with Crippen molar-refractivity contribution in [2.45, 2.75) is 275 Å². The summed E-state index contributed by atoms with van der Waals surface area (Å²) >= 11 is 33.7. The number of carbonyl (C=O) groups is 15. The lowest BCUT2D eigenvalue weighted by Crippen LogP contribution is -2.64. The smallest absolute Gasteiger partial charge is 0.407 e. The molecule has 0 bridgehead atoms. The molecule has 5 saturated heterocycles. The molecule has 150 heavy (non-hydrogen) atoms. The zero-order chi connectivity index (χ0) is 114. The fraction of sp³-hybridized carbons (Fsp3) is 0.677. The number of aliphatic hydroxyl groups is 3. The van der Waals surface area contributed by atoms with Gasteiger partial charge in [0.15, 0.2) is 25.2 Å². The number of esters is 6. The Morgan fingerprint density at radius 2 is 0.680 bits per heavy atom. The minimum atomic E-state index is -2.15. The van der Waals surface area contributed by atoms with E-state index in [-0.39, 0.29) is 168 Å². The quantitative estimate of drug-likeness (QED) is 0.00909. The molecule has 0 saturated carbocycles. The highest BCUT2D eigenvalue weighted by Gasteiger charge is 2.51. The maximum atomic E-state index is 12.8. The Balaban J connectivity index is 0.000000483. The van der Waals surface area contributed by atoms with Crippen molar-refractivity contribution in [3.8, 4) is 0 Å². The number of halogens is 6. The Hall–Kier alpha value is -9.50. The van der Waals surface area contributed by atoms with E-state index in [2.05, 4.69) is 50.4 Å². The van der Waals surface area contributed by atoms with Gasteiger partial charge in [0.05, 0.1) is 105 Å². The first-order valence-electron chi connectivity index (χ1n) is 48.6. The second kappa shape index (κ2) is 67.2. The molecule has 10 unspecified atom stereocenters. The number of alkyl halides is 6. The molecule has 0 spiro atoms. The molecule has 51 heteroatoms. The van der Waals surface area contributed by atoms with Crippen molar-refractivity contribution in [2.24, 2.45) is 82.5 Å². The van der Waals surface area contributed by atoms with Crippen LogP contribution in [0.1, 0.15) is 150 Å². The van der Waals surface area contributed by atoms with E-state index in [1.807, 2.05) is 109 Å². The predicted molar refractivity (Wildman–Crippen MR) is 546 cm³/mol. The fourth-order valence-electron chi connectivity index (χ4n) is 15.5. The second-order valence-electron chi connectivity index (χ2n) is 37.3. The van der Waals surface area contributed by atoms with Crippen LogP contribution in [0.25, 0.3) is 0 Å². The molecule has 15 N–H and O–H groups in total. The van der Waals surface area contributed by atoms with Crippen LogP contribution in [0.2, 0.25) is 0 Å². The van der Waals surface area contributed by atoms with Crippen LogP contribution >= 0.6 is 69.6 Å². The van der Waals surface area contributed by atoms with Gasteiger partial charge >= 0.3 is 41.9 Å². The van der Waals surface area contributed by atoms with Gasteiger partial charge in [0.2, 0.25) is 63.2 Å². The van der Waals surface area contributed by atoms with Crippen LogP contribution in [-0.4, -0.2) is 314 Å². The van der Waals surface area contributed by atoms with Crippen LogP contribution < -0.4 is 48.7 Å². The van der Waals surface area contributed by atoms with Gasteiger partial charge in [-0.05, 0) is 72.3 Å². The third kappa shape index (κ3) is 48.4. The lowest BCUT2D eigenvalue weighted by atomic mass is 9.82. The van der Waals surface area contributed by atoms with E-state index in [4.69, 9.17) is 167 Å². The number of alkyl carbamates (subject to hydrolysis) is 1. The summed E-state index contributed by atoms with van der Waals surface area (Å²) in [5.41, 5.74) is 12.6. The average molecular weight is 2250 g/mol. The molecule has 848 valence electrons. The van der Waals surface area contributed by atoms with E-state index >= 15 is 0 Å². The number of ether oxygens (including phenoxy) is 17. The molecule has 45 nitrogen and oxygen atoms in total. The minimum absolute atomic E-state index is 0.0104. The minimum Gasteiger partial charge on any atom is -0.463 e. The van der Waals surface area contributed by atoms with Gasteiger partial charge in [-0.2, -0.15) is 0 Å². The van der Waals surface area contributed by atoms with Crippen molar-refractivity contribution in [2.75, 3.05) is 79.3 Å². The molecule has 5 aliphatic heterocycles. The Bertz CT molecular complexity index is 4560. The van der Waals surface area contributed by atoms with Gasteiger partial charge < -0.3 is 145 Å². The van der Waals surface area contributed by atoms with Gasteiger partial charge in [-0.25, -0.2) is 4.79 Å². The molecular formula is C99H150Cl6N10O35. The molecule has 9 amide bonds. The topological polar surface area (TPSA) is 634 Å². The summed E-state index contributed by atoms with van der Waals surface area (Å²) in [5.74, 6) is -9.42. The first-order valence-corrected chi connectivity index (χ1v) is 50.8. The molecule has 5 aliphatic rings. The van der Waals surface area contributed by atoms with E-state index in [1.54, 1.807) is 34.6 Å². The highest BCUT2D eigenvalue weighted by Crippen LogP contribution is 2.39. The Morgan fingerprint density at radius 3 is 0.953 bits per heavy atom. The number of aliphatic hydroxyl groups excluding tert-OH is 3. The number of amides is 9. The Labute approximate surface area is 904 Å². The van der Waals surface area contributed by atoms with E-state index in [1.165, 1.54) is 67.5 Å². The number of nitrogens with one attached hydrogen (secondary N) is 8. The zero-order valence-corrected chi connectivity index (χ0v) is 92.5. The van der Waals surface area contributed by atoms with Crippen LogP contribution in [0, 0.1) is 76.4 Å². The Morgan fingerprint density at radius 1 is 0.400 bits per heavy atom. The first-order chi connectivity index (χ1) is 70.1. The third-order valence-corrected chi connectivity index (χ3v) is 25.8. The van der Waals surface area contributed by atoms with Gasteiger partial charge in [-0.15, -0.1) is 0 Å². The molecule has 2 aromatic carbocycles. The van der Waals surface area contributed by atoms with Crippen molar-refractivity contribution in [1.29, 1.82) is 5.41 Å². The van der Waals surface area contributed by atoms with Crippen LogP contribution in [0.15, 0.2) is 86.0 Å². The summed E-state index contributed by atoms with van der Waals surface area (Å²) in [7, 11) is 0. The van der Waals surface area contributed by atoms with Crippen LogP contribution in [0.4, 0.5) is 4.79 Å². The van der Waals surface area contributed by atoms with Crippen molar-refractivity contribution in [1.82, 2.24) is 37.2 Å². The van der Waals surface area contributed by atoms with E-state index in [0.717, 1.165) is 11.1 Å². The summed E-state index contributed by atoms with van der Waals surface area (Å²) < 4.78 is 88.9. The highest BCUT2D eigenvalue weighted by atomic mass is 35.6. The van der Waals surface area contributed by atoms with Gasteiger partial charge in [0.1, 0.15) is 82.7 Å². The summed E-state index contributed by atoms with van der Waals surface area (Å²) in [6.07, 6.45) is -8.07. The van der Waals surface area contributed by atoms with E-state index in [9.17, 15) is 87.2 Å². The molecule has 5 heterocycles. The van der Waals surface area contributed by atoms with Crippen LogP contribution in [-0.2, 0) is 160 Å². The van der Waals surface area contributed by atoms with E-state index < -0.39 is 214 Å². The van der Waals surface area contributed by atoms with Crippen molar-refractivity contribution >= 4 is 165 Å². The van der Waals surface area contributed by atoms with Crippen LogP contribution in [0.5, 0.6) is 0 Å². The SMILES string of the molecule is C=CCOC(=O)[C@@H](C)COC1OC(COC(C)=O)[C@@H](C)[C@H](C)[C@@H]1NC(C)=O.C=CCOC(=O)[C@@H](C)COC1OC(COC(C)=O)[C@@H](C)[C@H](C)[C@@H]1NC(C)=O.CC(=O)N[C@@H]1C(OC[C@H](C)C(=O)N[C@@H](Cc2ccccc2)C(N)=O)OC(CO)[C@@H](O)[C@@H]1O.CC(=O)N[C@@H]1C(OC[C@H](C)C(=O)N[C@@H](Cc2ccccc2)C(N)=O)OC(COC(C)=O)[C@@H](C)[C@@H]1C.CC(=O)OCC1OC(OC(=N)C(Cl)(Cl)Cl)[C@@H](NC(=O)OCC(Cl)(Cl)Cl)[C@@H](C)[C@@H]1C. The number of benzene rings is 2. The number of nitrogens with two attached hydrogens (primary N) is 2. The maximum absolute atomic E-state index is 12.8. The average Bonchev–Trinajstić information content (AvgIpc) is 0.812. The summed E-state index contributed by atoms with van der Waals surface area (Å²) in [5, 5.41) is 56.3. The first kappa shape index (κ1) is 135. The molecule has 31 atom stereocenters. The summed E-state index contributed by atoms with van der Waals surface area (Å²) in [4.78, 5) is 176. The number of primary amides is 2. The number of hydrogen-bond acceptors (Lipinski definition) is 36. The summed E-state index contributed by atoms with van der Waals surface area (Å²) in [6, 6.07) is 13.4. The number of hydrogen-bond donors (Lipinski definition) is 13. The zero-order valence-electron chi connectivity index (χ0n) is 88.0. The Kier molecular flexibility index (Phi) is 60.4. The van der Waals surface area contributed by atoms with Gasteiger partial charge in [0, 0.05) is 68.2 Å². The molecule has 0 aliphatic carbocycles. The van der Waals surface area contributed by atoms with Gasteiger partial charge in [0.25, 0.3) is 3.79 Å². The van der Waals surface area contributed by atoms with Crippen molar-refractivity contribution in [3.05, 3.63) is 97.1 Å². The molecule has 0 radical (unpaired) electrons. The largest absolute Gasteiger partial charge is 0.463 e.